The van der Waals surface area contributed by atoms with Gasteiger partial charge < -0.3 is 10.5 Å². The molecule has 1 aliphatic heterocycles. The first-order valence-electron chi connectivity index (χ1n) is 5.46. The Balaban J connectivity index is 0.00000144. The second kappa shape index (κ2) is 6.69. The minimum atomic E-state index is -0.244. The Labute approximate surface area is 115 Å². The second-order valence-corrected chi connectivity index (χ2v) is 5.09. The summed E-state index contributed by atoms with van der Waals surface area (Å²) in [6.45, 7) is 1.52. The first kappa shape index (κ1) is 14.9. The lowest BCUT2D eigenvalue weighted by Crippen LogP contribution is -2.27. The van der Waals surface area contributed by atoms with Gasteiger partial charge in [0.25, 0.3) is 0 Å². The molecule has 0 saturated carbocycles. The fraction of sp³-hybridized carbons (Fsp3) is 0.500. The molecule has 1 heterocycles. The quantitative estimate of drug-likeness (QED) is 0.904. The topological polar surface area (TPSA) is 35.2 Å². The van der Waals surface area contributed by atoms with Crippen molar-refractivity contribution in [3.8, 4) is 0 Å². The Bertz CT molecular complexity index is 351. The van der Waals surface area contributed by atoms with Gasteiger partial charge in [-0.05, 0) is 42.5 Å². The van der Waals surface area contributed by atoms with Crippen LogP contribution in [0.15, 0.2) is 22.7 Å². The molecule has 0 bridgehead atoms. The van der Waals surface area contributed by atoms with Crippen LogP contribution in [0.4, 0.5) is 4.39 Å². The average molecular weight is 325 g/mol. The van der Waals surface area contributed by atoms with Crippen molar-refractivity contribution in [2.24, 2.45) is 11.7 Å². The second-order valence-electron chi connectivity index (χ2n) is 4.18. The molecule has 1 aromatic rings. The van der Waals surface area contributed by atoms with Crippen LogP contribution in [0.25, 0.3) is 0 Å². The van der Waals surface area contributed by atoms with Gasteiger partial charge in [0.05, 0.1) is 0 Å². The number of ether oxygens (including phenoxy) is 1. The van der Waals surface area contributed by atoms with Gasteiger partial charge in [-0.2, -0.15) is 0 Å². The van der Waals surface area contributed by atoms with Crippen molar-refractivity contribution in [3.05, 3.63) is 34.1 Å². The highest BCUT2D eigenvalue weighted by Crippen LogP contribution is 2.29. The number of benzene rings is 1. The van der Waals surface area contributed by atoms with Gasteiger partial charge in [0.2, 0.25) is 0 Å². The van der Waals surface area contributed by atoms with Gasteiger partial charge in [-0.1, -0.05) is 15.9 Å². The van der Waals surface area contributed by atoms with Crippen LogP contribution in [-0.4, -0.2) is 13.2 Å². The predicted molar refractivity (Wildman–Crippen MR) is 71.8 cm³/mol. The average Bonchev–Trinajstić information content (AvgIpc) is 2.28. The number of nitrogens with two attached hydrogens (primary N) is 1. The van der Waals surface area contributed by atoms with Crippen molar-refractivity contribution in [1.29, 1.82) is 0 Å². The third kappa shape index (κ3) is 3.91. The summed E-state index contributed by atoms with van der Waals surface area (Å²) in [5.41, 5.74) is 7.02. The van der Waals surface area contributed by atoms with Crippen molar-refractivity contribution in [2.45, 2.75) is 18.9 Å². The standard InChI is InChI=1S/C12H15BrFNO.ClH/c13-10-5-9(6-11(14)7-10)12(15)8-1-3-16-4-2-8;/h5-8,12H,1-4,15H2;1H/t12-;/m0./s1. The molecule has 0 spiro atoms. The van der Waals surface area contributed by atoms with Gasteiger partial charge in [-0.3, -0.25) is 0 Å². The zero-order valence-electron chi connectivity index (χ0n) is 9.36. The van der Waals surface area contributed by atoms with Crippen molar-refractivity contribution in [2.75, 3.05) is 13.2 Å². The van der Waals surface area contributed by atoms with E-state index in [2.05, 4.69) is 15.9 Å². The molecule has 1 fully saturated rings. The number of rotatable bonds is 2. The van der Waals surface area contributed by atoms with Gasteiger partial charge in [0.15, 0.2) is 0 Å². The van der Waals surface area contributed by atoms with E-state index in [0.29, 0.717) is 5.92 Å². The molecular formula is C12H16BrClFNO. The van der Waals surface area contributed by atoms with Crippen LogP contribution in [0.5, 0.6) is 0 Å². The van der Waals surface area contributed by atoms with E-state index in [1.807, 2.05) is 6.07 Å². The van der Waals surface area contributed by atoms with Crippen molar-refractivity contribution in [3.63, 3.8) is 0 Å². The Morgan fingerprint density at radius 3 is 2.53 bits per heavy atom. The first-order valence-corrected chi connectivity index (χ1v) is 6.25. The molecule has 0 amide bonds. The molecule has 0 radical (unpaired) electrons. The maximum Gasteiger partial charge on any atom is 0.124 e. The van der Waals surface area contributed by atoms with E-state index in [-0.39, 0.29) is 24.3 Å². The van der Waals surface area contributed by atoms with Gasteiger partial charge in [0, 0.05) is 23.7 Å². The van der Waals surface area contributed by atoms with Crippen molar-refractivity contribution < 1.29 is 9.13 Å². The fourth-order valence-electron chi connectivity index (χ4n) is 2.11. The van der Waals surface area contributed by atoms with Crippen molar-refractivity contribution in [1.82, 2.24) is 0 Å². The maximum atomic E-state index is 13.2. The number of halogens is 3. The summed E-state index contributed by atoms with van der Waals surface area (Å²) in [7, 11) is 0. The fourth-order valence-corrected chi connectivity index (χ4v) is 2.60. The molecule has 5 heteroatoms. The zero-order chi connectivity index (χ0) is 11.5. The predicted octanol–water partition coefficient (Wildman–Crippen LogP) is 3.44. The smallest absolute Gasteiger partial charge is 0.124 e. The number of hydrogen-bond acceptors (Lipinski definition) is 2. The maximum absolute atomic E-state index is 13.2. The van der Waals surface area contributed by atoms with E-state index in [0.717, 1.165) is 36.1 Å². The van der Waals surface area contributed by atoms with E-state index in [4.69, 9.17) is 10.5 Å². The van der Waals surface area contributed by atoms with E-state index in [1.54, 1.807) is 0 Å². The molecule has 0 unspecified atom stereocenters. The molecule has 0 aliphatic carbocycles. The number of hydrogen-bond donors (Lipinski definition) is 1. The first-order chi connectivity index (χ1) is 7.66. The molecule has 0 aromatic heterocycles. The van der Waals surface area contributed by atoms with Crippen LogP contribution in [0.3, 0.4) is 0 Å². The molecule has 1 saturated heterocycles. The molecule has 17 heavy (non-hydrogen) atoms. The Hall–Kier alpha value is -0.160. The Kier molecular flexibility index (Phi) is 5.86. The Morgan fingerprint density at radius 2 is 1.94 bits per heavy atom. The molecule has 2 rings (SSSR count). The van der Waals surface area contributed by atoms with Gasteiger partial charge in [-0.15, -0.1) is 12.4 Å². The summed E-state index contributed by atoms with van der Waals surface area (Å²) >= 11 is 3.29. The monoisotopic (exact) mass is 323 g/mol. The summed E-state index contributed by atoms with van der Waals surface area (Å²) in [6, 6.07) is 4.75. The molecular weight excluding hydrogens is 308 g/mol. The lowest BCUT2D eigenvalue weighted by Gasteiger charge is -2.28. The highest BCUT2D eigenvalue weighted by atomic mass is 79.9. The SMILES string of the molecule is Cl.N[C@H](c1cc(F)cc(Br)c1)C1CCOCC1. The highest BCUT2D eigenvalue weighted by molar-refractivity contribution is 9.10. The van der Waals surface area contributed by atoms with Gasteiger partial charge >= 0.3 is 0 Å². The summed E-state index contributed by atoms with van der Waals surface area (Å²) < 4.78 is 19.3. The summed E-state index contributed by atoms with van der Waals surface area (Å²) in [4.78, 5) is 0. The van der Waals surface area contributed by atoms with Crippen LogP contribution in [0, 0.1) is 11.7 Å². The normalized spacial score (nSPS) is 18.5. The minimum Gasteiger partial charge on any atom is -0.381 e. The third-order valence-electron chi connectivity index (χ3n) is 3.04. The van der Waals surface area contributed by atoms with Gasteiger partial charge in [0.1, 0.15) is 5.82 Å². The van der Waals surface area contributed by atoms with Crippen LogP contribution in [-0.2, 0) is 4.74 Å². The summed E-state index contributed by atoms with van der Waals surface area (Å²) in [6.07, 6.45) is 1.91. The van der Waals surface area contributed by atoms with Crippen molar-refractivity contribution >= 4 is 28.3 Å². The third-order valence-corrected chi connectivity index (χ3v) is 3.50. The summed E-state index contributed by atoms with van der Waals surface area (Å²) in [5.74, 6) is 0.148. The molecule has 1 aromatic carbocycles. The van der Waals surface area contributed by atoms with E-state index in [9.17, 15) is 4.39 Å². The lowest BCUT2D eigenvalue weighted by molar-refractivity contribution is 0.0583. The highest BCUT2D eigenvalue weighted by Gasteiger charge is 2.22. The van der Waals surface area contributed by atoms with E-state index >= 15 is 0 Å². The lowest BCUT2D eigenvalue weighted by atomic mass is 9.88. The molecule has 1 atom stereocenters. The molecule has 2 nitrogen and oxygen atoms in total. The minimum absolute atomic E-state index is 0. The molecule has 96 valence electrons. The van der Waals surface area contributed by atoms with Crippen LogP contribution >= 0.6 is 28.3 Å². The molecule has 2 N–H and O–H groups in total. The van der Waals surface area contributed by atoms with Crippen LogP contribution < -0.4 is 5.73 Å². The van der Waals surface area contributed by atoms with E-state index in [1.165, 1.54) is 12.1 Å². The van der Waals surface area contributed by atoms with Gasteiger partial charge in [-0.25, -0.2) is 4.39 Å². The Morgan fingerprint density at radius 1 is 1.29 bits per heavy atom. The zero-order valence-corrected chi connectivity index (χ0v) is 11.8. The van der Waals surface area contributed by atoms with Crippen LogP contribution in [0.2, 0.25) is 0 Å². The largest absolute Gasteiger partial charge is 0.381 e. The van der Waals surface area contributed by atoms with Crippen LogP contribution in [0.1, 0.15) is 24.4 Å². The molecule has 1 aliphatic rings. The summed E-state index contributed by atoms with van der Waals surface area (Å²) in [5, 5.41) is 0. The van der Waals surface area contributed by atoms with E-state index < -0.39 is 0 Å².